The molecule has 192 valence electrons. The van der Waals surface area contributed by atoms with Crippen molar-refractivity contribution in [1.82, 2.24) is 5.32 Å². The summed E-state index contributed by atoms with van der Waals surface area (Å²) in [5.74, 6) is -1.10. The Hall–Kier alpha value is -3.69. The predicted molar refractivity (Wildman–Crippen MR) is 136 cm³/mol. The number of amides is 1. The van der Waals surface area contributed by atoms with Crippen molar-refractivity contribution in [2.45, 2.75) is 44.0 Å². The van der Waals surface area contributed by atoms with Crippen molar-refractivity contribution in [3.05, 3.63) is 98.3 Å². The van der Waals surface area contributed by atoms with Gasteiger partial charge in [0.2, 0.25) is 0 Å². The maximum Gasteiger partial charge on any atom is 0.256 e. The Morgan fingerprint density at radius 2 is 1.86 bits per heavy atom. The van der Waals surface area contributed by atoms with Gasteiger partial charge in [-0.15, -0.1) is 0 Å². The largest absolute Gasteiger partial charge is 0.490 e. The second-order valence-electron chi connectivity index (χ2n) is 9.14. The summed E-state index contributed by atoms with van der Waals surface area (Å²) in [6.07, 6.45) is 0. The number of carbonyl (C=O) groups is 1. The molecule has 1 fully saturated rings. The van der Waals surface area contributed by atoms with E-state index in [4.69, 9.17) is 21.1 Å². The zero-order valence-corrected chi connectivity index (χ0v) is 20.9. The summed E-state index contributed by atoms with van der Waals surface area (Å²) in [7, 11) is 0. The third-order valence-corrected chi connectivity index (χ3v) is 7.29. The number of nitrogens with zero attached hydrogens (tertiary/aromatic N) is 1. The number of hydrogen-bond acceptors (Lipinski definition) is 6. The highest BCUT2D eigenvalue weighted by Gasteiger charge is 2.67. The third-order valence-electron chi connectivity index (χ3n) is 7.01. The minimum atomic E-state index is -1.54. The smallest absolute Gasteiger partial charge is 0.256 e. The van der Waals surface area contributed by atoms with Crippen LogP contribution in [0.5, 0.6) is 11.5 Å². The molecule has 10 heteroatoms. The van der Waals surface area contributed by atoms with Gasteiger partial charge in [0.1, 0.15) is 12.4 Å². The van der Waals surface area contributed by atoms with Gasteiger partial charge in [0.15, 0.2) is 17.0 Å². The van der Waals surface area contributed by atoms with Gasteiger partial charge >= 0.3 is 0 Å². The van der Waals surface area contributed by atoms with Crippen LogP contribution in [0.15, 0.2) is 60.7 Å². The monoisotopic (exact) mass is 525 g/mol. The predicted octanol–water partition coefficient (Wildman–Crippen LogP) is 5.03. The van der Waals surface area contributed by atoms with Crippen molar-refractivity contribution in [3.8, 4) is 11.5 Å². The van der Waals surface area contributed by atoms with Crippen LogP contribution in [0.2, 0.25) is 5.02 Å². The van der Waals surface area contributed by atoms with Gasteiger partial charge in [-0.1, -0.05) is 48.0 Å². The lowest BCUT2D eigenvalue weighted by molar-refractivity contribution is -0.532. The Kier molecular flexibility index (Phi) is 6.51. The molecular formula is C27H25ClFN3O5. The van der Waals surface area contributed by atoms with Crippen LogP contribution in [0.4, 0.5) is 10.1 Å². The molecule has 1 saturated heterocycles. The Morgan fingerprint density at radius 3 is 2.59 bits per heavy atom. The van der Waals surface area contributed by atoms with Crippen LogP contribution in [0.1, 0.15) is 36.5 Å². The highest BCUT2D eigenvalue weighted by molar-refractivity contribution is 6.32. The highest BCUT2D eigenvalue weighted by atomic mass is 35.5. The molecule has 0 saturated carbocycles. The van der Waals surface area contributed by atoms with Gasteiger partial charge < -0.3 is 14.8 Å². The van der Waals surface area contributed by atoms with Gasteiger partial charge in [0.05, 0.1) is 17.5 Å². The van der Waals surface area contributed by atoms with Gasteiger partial charge in [0, 0.05) is 27.8 Å². The maximum absolute atomic E-state index is 14.1. The number of halogens is 2. The lowest BCUT2D eigenvalue weighted by Gasteiger charge is -2.25. The average molecular weight is 526 g/mol. The molecule has 3 aromatic rings. The Morgan fingerprint density at radius 1 is 1.14 bits per heavy atom. The molecular weight excluding hydrogens is 501 g/mol. The van der Waals surface area contributed by atoms with Crippen LogP contribution in [0.25, 0.3) is 0 Å². The van der Waals surface area contributed by atoms with Crippen LogP contribution < -0.4 is 20.1 Å². The first-order valence-electron chi connectivity index (χ1n) is 11.9. The molecule has 0 aromatic heterocycles. The Labute approximate surface area is 217 Å². The molecule has 8 nitrogen and oxygen atoms in total. The zero-order chi connectivity index (χ0) is 26.3. The molecule has 0 radical (unpaired) electrons. The highest BCUT2D eigenvalue weighted by Crippen LogP contribution is 2.51. The van der Waals surface area contributed by atoms with Gasteiger partial charge in [0.25, 0.3) is 11.9 Å². The van der Waals surface area contributed by atoms with Crippen LogP contribution in [0.3, 0.4) is 0 Å². The van der Waals surface area contributed by atoms with Gasteiger partial charge in [-0.25, -0.2) is 4.39 Å². The van der Waals surface area contributed by atoms with Crippen molar-refractivity contribution in [2.75, 3.05) is 11.9 Å². The SMILES string of the molecule is CCOc1cc([C@@H]2[C@H](C)N[C@]3(C(=O)Nc4ccccc43)[C@H]2[N+](=O)[O-])cc(Cl)c1OCc1ccccc1F. The minimum absolute atomic E-state index is 0.0786. The van der Waals surface area contributed by atoms with Crippen molar-refractivity contribution >= 4 is 23.2 Å². The van der Waals surface area contributed by atoms with Crippen LogP contribution >= 0.6 is 11.6 Å². The molecule has 2 N–H and O–H groups in total. The molecule has 0 unspecified atom stereocenters. The first-order chi connectivity index (χ1) is 17.8. The fourth-order valence-corrected chi connectivity index (χ4v) is 5.78. The number of anilines is 1. The second kappa shape index (κ2) is 9.64. The molecule has 0 bridgehead atoms. The lowest BCUT2D eigenvalue weighted by atomic mass is 9.78. The maximum atomic E-state index is 14.1. The minimum Gasteiger partial charge on any atom is -0.490 e. The van der Waals surface area contributed by atoms with Crippen molar-refractivity contribution in [1.29, 1.82) is 0 Å². The molecule has 1 spiro atoms. The molecule has 0 aliphatic carbocycles. The van der Waals surface area contributed by atoms with Crippen LogP contribution in [-0.2, 0) is 16.9 Å². The summed E-state index contributed by atoms with van der Waals surface area (Å²) in [6, 6.07) is 14.7. The molecule has 37 heavy (non-hydrogen) atoms. The second-order valence-corrected chi connectivity index (χ2v) is 9.55. The molecule has 2 heterocycles. The molecule has 5 rings (SSSR count). The fraction of sp³-hybridized carbons (Fsp3) is 0.296. The zero-order valence-electron chi connectivity index (χ0n) is 20.2. The topological polar surface area (TPSA) is 103 Å². The summed E-state index contributed by atoms with van der Waals surface area (Å²) in [5.41, 5.74) is 0.423. The molecule has 1 amide bonds. The van der Waals surface area contributed by atoms with E-state index < -0.39 is 40.2 Å². The number of hydrogen-bond donors (Lipinski definition) is 2. The first-order valence-corrected chi connectivity index (χ1v) is 12.3. The van der Waals surface area contributed by atoms with E-state index in [1.807, 2.05) is 0 Å². The quantitative estimate of drug-likeness (QED) is 0.331. The van der Waals surface area contributed by atoms with Crippen molar-refractivity contribution in [3.63, 3.8) is 0 Å². The average Bonchev–Trinajstić information content (AvgIpc) is 3.33. The van der Waals surface area contributed by atoms with E-state index in [2.05, 4.69) is 10.6 Å². The Balaban J connectivity index is 1.55. The third kappa shape index (κ3) is 4.08. The van der Waals surface area contributed by atoms with Crippen molar-refractivity contribution in [2.24, 2.45) is 0 Å². The Bertz CT molecular complexity index is 1390. The van der Waals surface area contributed by atoms with E-state index in [0.29, 0.717) is 22.4 Å². The normalized spacial score (nSPS) is 24.1. The summed E-state index contributed by atoms with van der Waals surface area (Å²) in [6.45, 7) is 3.80. The molecule has 2 aliphatic rings. The number of nitro groups is 1. The van der Waals surface area contributed by atoms with Gasteiger partial charge in [-0.05, 0) is 43.7 Å². The summed E-state index contributed by atoms with van der Waals surface area (Å²) in [5, 5.41) is 18.8. The number of nitrogens with one attached hydrogen (secondary N) is 2. The summed E-state index contributed by atoms with van der Waals surface area (Å²) in [4.78, 5) is 25.4. The molecule has 2 aliphatic heterocycles. The number of fused-ring (bicyclic) bond motifs is 2. The lowest BCUT2D eigenvalue weighted by Crippen LogP contribution is -2.54. The van der Waals surface area contributed by atoms with E-state index in [-0.39, 0.29) is 29.7 Å². The summed E-state index contributed by atoms with van der Waals surface area (Å²) >= 11 is 6.62. The van der Waals surface area contributed by atoms with Crippen molar-refractivity contribution < 1.29 is 23.6 Å². The van der Waals surface area contributed by atoms with Gasteiger partial charge in [-0.3, -0.25) is 20.2 Å². The van der Waals surface area contributed by atoms with E-state index in [9.17, 15) is 19.3 Å². The van der Waals surface area contributed by atoms with E-state index in [1.165, 1.54) is 6.07 Å². The fourth-order valence-electron chi connectivity index (χ4n) is 5.50. The standard InChI is InChI=1S/C27H25ClFN3O5/c1-3-36-22-13-17(12-19(28)24(22)37-14-16-8-4-6-10-20(16)29)23-15(2)31-27(25(23)32(34)35)18-9-5-7-11-21(18)30-26(27)33/h4-13,15,23,25,31H,3,14H2,1-2H3,(H,30,33)/t15-,23-,25-,27-/m0/s1. The van der Waals surface area contributed by atoms with E-state index >= 15 is 0 Å². The van der Waals surface area contributed by atoms with Gasteiger partial charge in [-0.2, -0.15) is 0 Å². The first kappa shape index (κ1) is 25.0. The van der Waals surface area contributed by atoms with E-state index in [1.54, 1.807) is 68.4 Å². The number of benzene rings is 3. The number of ether oxygens (including phenoxy) is 2. The molecule has 3 aromatic carbocycles. The number of carbonyl (C=O) groups excluding carboxylic acids is 1. The van der Waals surface area contributed by atoms with Crippen LogP contribution in [0, 0.1) is 15.9 Å². The molecule has 4 atom stereocenters. The van der Waals surface area contributed by atoms with Crippen LogP contribution in [-0.4, -0.2) is 29.5 Å². The van der Waals surface area contributed by atoms with E-state index in [0.717, 1.165) is 0 Å². The summed E-state index contributed by atoms with van der Waals surface area (Å²) < 4.78 is 25.7. The number of para-hydroxylation sites is 1. The number of rotatable bonds is 7.